The van der Waals surface area contributed by atoms with Gasteiger partial charge in [-0.25, -0.2) is 0 Å². The number of fused-ring (bicyclic) bond motifs is 1. The highest BCUT2D eigenvalue weighted by Gasteiger charge is 2.24. The zero-order valence-corrected chi connectivity index (χ0v) is 16.4. The molecule has 0 fully saturated rings. The quantitative estimate of drug-likeness (QED) is 0.597. The Balaban J connectivity index is 1.59. The van der Waals surface area contributed by atoms with E-state index >= 15 is 0 Å². The summed E-state index contributed by atoms with van der Waals surface area (Å²) in [6.07, 6.45) is 5.58. The number of benzene rings is 3. The first kappa shape index (κ1) is 18.5. The Bertz CT molecular complexity index is 918. The van der Waals surface area contributed by atoms with Crippen molar-refractivity contribution in [2.75, 3.05) is 26.7 Å². The summed E-state index contributed by atoms with van der Waals surface area (Å²) in [6.45, 7) is 3.05. The van der Waals surface area contributed by atoms with Crippen molar-refractivity contribution in [2.24, 2.45) is 0 Å². The lowest BCUT2D eigenvalue weighted by molar-refractivity contribution is 0.306. The van der Waals surface area contributed by atoms with Crippen LogP contribution in [0.2, 0.25) is 0 Å². The van der Waals surface area contributed by atoms with E-state index < -0.39 is 0 Å². The van der Waals surface area contributed by atoms with Gasteiger partial charge in [0.2, 0.25) is 0 Å². The van der Waals surface area contributed by atoms with E-state index in [9.17, 15) is 0 Å². The third-order valence-corrected chi connectivity index (χ3v) is 5.54. The SMILES string of the molecule is COc1ccc2c(c1)C(c1ccccc1)CN(C/C=C/c1ccccc1)CC2. The predicted molar refractivity (Wildman–Crippen MR) is 117 cm³/mol. The highest BCUT2D eigenvalue weighted by Crippen LogP contribution is 2.33. The number of nitrogens with zero attached hydrogens (tertiary/aromatic N) is 1. The normalized spacial score (nSPS) is 17.2. The van der Waals surface area contributed by atoms with Crippen LogP contribution >= 0.6 is 0 Å². The molecule has 0 bridgehead atoms. The van der Waals surface area contributed by atoms with Gasteiger partial charge in [-0.3, -0.25) is 4.90 Å². The van der Waals surface area contributed by atoms with Crippen LogP contribution in [0.25, 0.3) is 6.08 Å². The second kappa shape index (κ2) is 8.90. The molecular formula is C26H27NO. The smallest absolute Gasteiger partial charge is 0.119 e. The van der Waals surface area contributed by atoms with Gasteiger partial charge in [-0.15, -0.1) is 0 Å². The fraction of sp³-hybridized carbons (Fsp3) is 0.231. The van der Waals surface area contributed by atoms with E-state index in [0.29, 0.717) is 5.92 Å². The van der Waals surface area contributed by atoms with Crippen LogP contribution in [0, 0.1) is 0 Å². The molecule has 3 aromatic rings. The highest BCUT2D eigenvalue weighted by atomic mass is 16.5. The molecule has 0 spiro atoms. The maximum absolute atomic E-state index is 5.52. The van der Waals surface area contributed by atoms with Crippen LogP contribution in [0.15, 0.2) is 84.9 Å². The third-order valence-electron chi connectivity index (χ3n) is 5.54. The number of hydrogen-bond donors (Lipinski definition) is 0. The monoisotopic (exact) mass is 369 g/mol. The molecule has 1 heterocycles. The van der Waals surface area contributed by atoms with Crippen LogP contribution in [-0.4, -0.2) is 31.6 Å². The Morgan fingerprint density at radius 3 is 2.46 bits per heavy atom. The zero-order valence-electron chi connectivity index (χ0n) is 16.4. The van der Waals surface area contributed by atoms with Crippen LogP contribution in [0.4, 0.5) is 0 Å². The van der Waals surface area contributed by atoms with Gasteiger partial charge in [0.05, 0.1) is 7.11 Å². The van der Waals surface area contributed by atoms with E-state index in [0.717, 1.165) is 31.8 Å². The topological polar surface area (TPSA) is 12.5 Å². The minimum atomic E-state index is 0.360. The second-order valence-electron chi connectivity index (χ2n) is 7.35. The van der Waals surface area contributed by atoms with Crippen LogP contribution in [0.5, 0.6) is 5.75 Å². The predicted octanol–water partition coefficient (Wildman–Crippen LogP) is 5.40. The Kier molecular flexibility index (Phi) is 5.89. The summed E-state index contributed by atoms with van der Waals surface area (Å²) in [5.41, 5.74) is 5.46. The van der Waals surface area contributed by atoms with E-state index in [-0.39, 0.29) is 0 Å². The molecule has 2 nitrogen and oxygen atoms in total. The Hall–Kier alpha value is -2.84. The molecule has 0 aliphatic carbocycles. The first-order valence-corrected chi connectivity index (χ1v) is 9.99. The van der Waals surface area contributed by atoms with E-state index in [1.807, 2.05) is 0 Å². The summed E-state index contributed by atoms with van der Waals surface area (Å²) >= 11 is 0. The molecule has 0 saturated heterocycles. The first-order chi connectivity index (χ1) is 13.8. The van der Waals surface area contributed by atoms with Gasteiger partial charge in [0, 0.05) is 25.6 Å². The standard InChI is InChI=1S/C26H27NO/c1-28-24-15-14-23-16-18-27(17-8-11-21-9-4-2-5-10-21)20-26(25(23)19-24)22-12-6-3-7-13-22/h2-15,19,26H,16-18,20H2,1H3/b11-8+. The fourth-order valence-corrected chi connectivity index (χ4v) is 4.02. The molecule has 0 amide bonds. The van der Waals surface area contributed by atoms with Crippen LogP contribution in [0.3, 0.4) is 0 Å². The van der Waals surface area contributed by atoms with Crippen LogP contribution in [0.1, 0.15) is 28.2 Å². The molecule has 0 saturated carbocycles. The van der Waals surface area contributed by atoms with E-state index in [1.54, 1.807) is 7.11 Å². The molecule has 1 aliphatic heterocycles. The second-order valence-corrected chi connectivity index (χ2v) is 7.35. The van der Waals surface area contributed by atoms with Crippen molar-refractivity contribution in [2.45, 2.75) is 12.3 Å². The molecule has 1 unspecified atom stereocenters. The summed E-state index contributed by atoms with van der Waals surface area (Å²) in [5.74, 6) is 1.30. The molecule has 1 aliphatic rings. The lowest BCUT2D eigenvalue weighted by atomic mass is 9.88. The Labute approximate surface area is 168 Å². The summed E-state index contributed by atoms with van der Waals surface area (Å²) in [7, 11) is 1.75. The third kappa shape index (κ3) is 4.35. The molecule has 1 atom stereocenters. The van der Waals surface area contributed by atoms with Crippen molar-refractivity contribution >= 4 is 6.08 Å². The fourth-order valence-electron chi connectivity index (χ4n) is 4.02. The van der Waals surface area contributed by atoms with Crippen LogP contribution < -0.4 is 4.74 Å². The minimum absolute atomic E-state index is 0.360. The number of methoxy groups -OCH3 is 1. The average Bonchev–Trinajstić information content (AvgIpc) is 2.94. The lowest BCUT2D eigenvalue weighted by Gasteiger charge is -2.24. The molecule has 3 aromatic carbocycles. The Morgan fingerprint density at radius 1 is 0.964 bits per heavy atom. The molecule has 0 N–H and O–H groups in total. The largest absolute Gasteiger partial charge is 0.497 e. The van der Waals surface area contributed by atoms with Crippen molar-refractivity contribution in [3.63, 3.8) is 0 Å². The summed E-state index contributed by atoms with van der Waals surface area (Å²) in [6, 6.07) is 27.9. The number of rotatable bonds is 5. The van der Waals surface area contributed by atoms with Crippen molar-refractivity contribution in [3.05, 3.63) is 107 Å². The van der Waals surface area contributed by atoms with Crippen molar-refractivity contribution in [1.29, 1.82) is 0 Å². The van der Waals surface area contributed by atoms with Gasteiger partial charge in [0.25, 0.3) is 0 Å². The molecule has 28 heavy (non-hydrogen) atoms. The summed E-state index contributed by atoms with van der Waals surface area (Å²) in [5, 5.41) is 0. The van der Waals surface area contributed by atoms with Crippen LogP contribution in [-0.2, 0) is 6.42 Å². The molecule has 0 radical (unpaired) electrons. The van der Waals surface area contributed by atoms with Crippen molar-refractivity contribution in [1.82, 2.24) is 4.90 Å². The Morgan fingerprint density at radius 2 is 1.71 bits per heavy atom. The van der Waals surface area contributed by atoms with Gasteiger partial charge in [-0.2, -0.15) is 0 Å². The van der Waals surface area contributed by atoms with Gasteiger partial charge in [-0.05, 0) is 40.8 Å². The van der Waals surface area contributed by atoms with Gasteiger partial charge < -0.3 is 4.74 Å². The number of hydrogen-bond acceptors (Lipinski definition) is 2. The molecule has 2 heteroatoms. The summed E-state index contributed by atoms with van der Waals surface area (Å²) < 4.78 is 5.52. The van der Waals surface area contributed by atoms with E-state index in [4.69, 9.17) is 4.74 Å². The van der Waals surface area contributed by atoms with Gasteiger partial charge in [0.1, 0.15) is 5.75 Å². The minimum Gasteiger partial charge on any atom is -0.497 e. The molecule has 4 rings (SSSR count). The van der Waals surface area contributed by atoms with Gasteiger partial charge in [0.15, 0.2) is 0 Å². The first-order valence-electron chi connectivity index (χ1n) is 9.99. The van der Waals surface area contributed by atoms with Gasteiger partial charge >= 0.3 is 0 Å². The number of ether oxygens (including phenoxy) is 1. The lowest BCUT2D eigenvalue weighted by Crippen LogP contribution is -2.29. The van der Waals surface area contributed by atoms with Crippen molar-refractivity contribution in [3.8, 4) is 5.75 Å². The highest BCUT2D eigenvalue weighted by molar-refractivity contribution is 5.49. The maximum atomic E-state index is 5.52. The van der Waals surface area contributed by atoms with Gasteiger partial charge in [-0.1, -0.05) is 78.9 Å². The molecular weight excluding hydrogens is 342 g/mol. The zero-order chi connectivity index (χ0) is 19.2. The summed E-state index contributed by atoms with van der Waals surface area (Å²) in [4.78, 5) is 2.56. The average molecular weight is 370 g/mol. The molecule has 142 valence electrons. The maximum Gasteiger partial charge on any atom is 0.119 e. The molecule has 0 aromatic heterocycles. The van der Waals surface area contributed by atoms with Crippen molar-refractivity contribution < 1.29 is 4.74 Å². The van der Waals surface area contributed by atoms with E-state index in [2.05, 4.69) is 95.9 Å². The van der Waals surface area contributed by atoms with E-state index in [1.165, 1.54) is 22.3 Å².